The van der Waals surface area contributed by atoms with Crippen molar-refractivity contribution >= 4 is 23.4 Å². The molecule has 0 spiro atoms. The molecular weight excluding hydrogens is 324 g/mol. The lowest BCUT2D eigenvalue weighted by Gasteiger charge is -2.06. The first kappa shape index (κ1) is 16.1. The van der Waals surface area contributed by atoms with Crippen LogP contribution in [0.5, 0.6) is 5.75 Å². The molecule has 3 rings (SSSR count). The molecule has 1 heterocycles. The number of aromatic amines is 1. The Morgan fingerprint density at radius 2 is 1.96 bits per heavy atom. The number of aryl methyl sites for hydroxylation is 1. The van der Waals surface area contributed by atoms with Crippen molar-refractivity contribution in [3.05, 3.63) is 54.1 Å². The van der Waals surface area contributed by atoms with Crippen LogP contribution in [0.4, 0.5) is 5.69 Å². The van der Waals surface area contributed by atoms with Gasteiger partial charge >= 0.3 is 0 Å². The van der Waals surface area contributed by atoms with Crippen molar-refractivity contribution in [2.75, 3.05) is 11.1 Å². The molecule has 1 aromatic heterocycles. The highest BCUT2D eigenvalue weighted by molar-refractivity contribution is 7.99. The summed E-state index contributed by atoms with van der Waals surface area (Å²) in [5, 5.41) is 19.6. The number of hydrogen-bond donors (Lipinski definition) is 3. The summed E-state index contributed by atoms with van der Waals surface area (Å²) < 4.78 is 0. The first-order chi connectivity index (χ1) is 11.6. The summed E-state index contributed by atoms with van der Waals surface area (Å²) in [5.74, 6) is 0.907. The fourth-order valence-corrected chi connectivity index (χ4v) is 2.69. The first-order valence-corrected chi connectivity index (χ1v) is 8.30. The number of carbonyl (C=O) groups excluding carboxylic acids is 1. The fraction of sp³-hybridized carbons (Fsp3) is 0.118. The molecule has 0 aliphatic rings. The van der Waals surface area contributed by atoms with Crippen molar-refractivity contribution < 1.29 is 9.90 Å². The van der Waals surface area contributed by atoms with Crippen LogP contribution in [-0.4, -0.2) is 31.9 Å². The Morgan fingerprint density at radius 3 is 2.71 bits per heavy atom. The molecule has 0 aliphatic carbocycles. The molecule has 0 aliphatic heterocycles. The number of anilines is 1. The van der Waals surface area contributed by atoms with E-state index in [4.69, 9.17) is 0 Å². The molecule has 0 atom stereocenters. The average molecular weight is 340 g/mol. The van der Waals surface area contributed by atoms with E-state index in [9.17, 15) is 9.90 Å². The number of phenolic OH excluding ortho intramolecular Hbond substituents is 1. The zero-order valence-corrected chi connectivity index (χ0v) is 13.8. The summed E-state index contributed by atoms with van der Waals surface area (Å²) in [5.41, 5.74) is 2.64. The van der Waals surface area contributed by atoms with Gasteiger partial charge in [0.1, 0.15) is 5.75 Å². The van der Waals surface area contributed by atoms with Crippen molar-refractivity contribution in [1.82, 2.24) is 15.2 Å². The van der Waals surface area contributed by atoms with E-state index in [1.165, 1.54) is 11.8 Å². The van der Waals surface area contributed by atoms with Crippen molar-refractivity contribution in [3.63, 3.8) is 0 Å². The lowest BCUT2D eigenvalue weighted by atomic mass is 10.2. The number of benzene rings is 2. The molecule has 0 saturated heterocycles. The Bertz CT molecular complexity index is 846. The summed E-state index contributed by atoms with van der Waals surface area (Å²) in [6.07, 6.45) is 0. The summed E-state index contributed by atoms with van der Waals surface area (Å²) >= 11 is 1.26. The van der Waals surface area contributed by atoms with Crippen LogP contribution >= 0.6 is 11.8 Å². The van der Waals surface area contributed by atoms with Crippen LogP contribution in [0, 0.1) is 6.92 Å². The molecule has 3 N–H and O–H groups in total. The summed E-state index contributed by atoms with van der Waals surface area (Å²) in [7, 11) is 0. The second-order valence-corrected chi connectivity index (χ2v) is 6.11. The molecule has 0 radical (unpaired) electrons. The number of para-hydroxylation sites is 1. The Hall–Kier alpha value is -2.80. The molecule has 1 amide bonds. The van der Waals surface area contributed by atoms with Crippen LogP contribution in [-0.2, 0) is 4.79 Å². The smallest absolute Gasteiger partial charge is 0.234 e. The van der Waals surface area contributed by atoms with Crippen LogP contribution in [0.2, 0.25) is 0 Å². The number of aromatic nitrogens is 3. The first-order valence-electron chi connectivity index (χ1n) is 7.32. The van der Waals surface area contributed by atoms with E-state index in [2.05, 4.69) is 20.5 Å². The number of aromatic hydroxyl groups is 1. The number of amides is 1. The van der Waals surface area contributed by atoms with Gasteiger partial charge in [-0.3, -0.25) is 9.89 Å². The third kappa shape index (κ3) is 3.94. The predicted octanol–water partition coefficient (Wildman–Crippen LogP) is 3.22. The van der Waals surface area contributed by atoms with E-state index in [1.807, 2.05) is 31.2 Å². The van der Waals surface area contributed by atoms with Crippen LogP contribution in [0.1, 0.15) is 5.56 Å². The minimum atomic E-state index is -0.106. The molecule has 3 aromatic rings. The SMILES string of the molecule is Cc1ccccc1NC(=O)CSc1n[nH]c(-c2ccc(O)cc2)n1. The van der Waals surface area contributed by atoms with E-state index in [-0.39, 0.29) is 17.4 Å². The predicted molar refractivity (Wildman–Crippen MR) is 94.0 cm³/mol. The van der Waals surface area contributed by atoms with Crippen molar-refractivity contribution in [2.24, 2.45) is 0 Å². The lowest BCUT2D eigenvalue weighted by molar-refractivity contribution is -0.113. The van der Waals surface area contributed by atoms with Crippen molar-refractivity contribution in [2.45, 2.75) is 12.1 Å². The van der Waals surface area contributed by atoms with Gasteiger partial charge in [0.2, 0.25) is 11.1 Å². The maximum Gasteiger partial charge on any atom is 0.234 e. The largest absolute Gasteiger partial charge is 0.508 e. The Labute approximate surface area is 143 Å². The molecule has 24 heavy (non-hydrogen) atoms. The summed E-state index contributed by atoms with van der Waals surface area (Å²) in [4.78, 5) is 16.4. The van der Waals surface area contributed by atoms with E-state index in [1.54, 1.807) is 24.3 Å². The molecule has 6 nitrogen and oxygen atoms in total. The number of thioether (sulfide) groups is 1. The van der Waals surface area contributed by atoms with Crippen molar-refractivity contribution in [1.29, 1.82) is 0 Å². The van der Waals surface area contributed by atoms with Gasteiger partial charge in [-0.2, -0.15) is 0 Å². The molecule has 2 aromatic carbocycles. The maximum absolute atomic E-state index is 12.0. The zero-order chi connectivity index (χ0) is 16.9. The zero-order valence-electron chi connectivity index (χ0n) is 13.0. The third-order valence-electron chi connectivity index (χ3n) is 3.36. The molecule has 7 heteroatoms. The van der Waals surface area contributed by atoms with Gasteiger partial charge in [0.15, 0.2) is 5.82 Å². The Kier molecular flexibility index (Phi) is 4.81. The minimum absolute atomic E-state index is 0.106. The molecule has 122 valence electrons. The number of rotatable bonds is 5. The average Bonchev–Trinajstić information content (AvgIpc) is 3.05. The van der Waals surface area contributed by atoms with E-state index in [0.29, 0.717) is 11.0 Å². The highest BCUT2D eigenvalue weighted by Crippen LogP contribution is 2.21. The van der Waals surface area contributed by atoms with Gasteiger partial charge in [0.25, 0.3) is 0 Å². The van der Waals surface area contributed by atoms with Crippen molar-refractivity contribution in [3.8, 4) is 17.1 Å². The summed E-state index contributed by atoms with van der Waals surface area (Å²) in [6.45, 7) is 1.95. The standard InChI is InChI=1S/C17H16N4O2S/c1-11-4-2-3-5-14(11)18-15(23)10-24-17-19-16(20-21-17)12-6-8-13(22)9-7-12/h2-9,22H,10H2,1H3,(H,18,23)(H,19,20,21). The third-order valence-corrected chi connectivity index (χ3v) is 4.20. The summed E-state index contributed by atoms with van der Waals surface area (Å²) in [6, 6.07) is 14.3. The van der Waals surface area contributed by atoms with Gasteiger partial charge in [-0.05, 0) is 42.8 Å². The Balaban J connectivity index is 1.58. The fourth-order valence-electron chi connectivity index (χ4n) is 2.09. The number of H-pyrrole nitrogens is 1. The normalized spacial score (nSPS) is 10.5. The molecular formula is C17H16N4O2S. The number of hydrogen-bond acceptors (Lipinski definition) is 5. The molecule has 0 unspecified atom stereocenters. The van der Waals surface area contributed by atoms with Gasteiger partial charge in [0, 0.05) is 11.3 Å². The van der Waals surface area contributed by atoms with Gasteiger partial charge in [-0.15, -0.1) is 5.10 Å². The van der Waals surface area contributed by atoms with Crippen LogP contribution in [0.3, 0.4) is 0 Å². The van der Waals surface area contributed by atoms with E-state index < -0.39 is 0 Å². The topological polar surface area (TPSA) is 90.9 Å². The molecule has 0 bridgehead atoms. The quantitative estimate of drug-likeness (QED) is 0.620. The van der Waals surface area contributed by atoms with E-state index in [0.717, 1.165) is 16.8 Å². The highest BCUT2D eigenvalue weighted by atomic mass is 32.2. The van der Waals surface area contributed by atoms with Gasteiger partial charge < -0.3 is 10.4 Å². The van der Waals surface area contributed by atoms with Gasteiger partial charge in [0.05, 0.1) is 5.75 Å². The Morgan fingerprint density at radius 1 is 1.21 bits per heavy atom. The van der Waals surface area contributed by atoms with Gasteiger partial charge in [-0.1, -0.05) is 30.0 Å². The number of carbonyl (C=O) groups is 1. The second kappa shape index (κ2) is 7.18. The van der Waals surface area contributed by atoms with Crippen LogP contribution in [0.15, 0.2) is 53.7 Å². The number of nitrogens with zero attached hydrogens (tertiary/aromatic N) is 2. The highest BCUT2D eigenvalue weighted by Gasteiger charge is 2.10. The van der Waals surface area contributed by atoms with Crippen LogP contribution < -0.4 is 5.32 Å². The number of phenols is 1. The lowest BCUT2D eigenvalue weighted by Crippen LogP contribution is -2.14. The number of nitrogens with one attached hydrogen (secondary N) is 2. The van der Waals surface area contributed by atoms with E-state index >= 15 is 0 Å². The molecule has 0 fully saturated rings. The van der Waals surface area contributed by atoms with Crippen LogP contribution in [0.25, 0.3) is 11.4 Å². The minimum Gasteiger partial charge on any atom is -0.508 e. The maximum atomic E-state index is 12.0. The van der Waals surface area contributed by atoms with Gasteiger partial charge in [-0.25, -0.2) is 4.98 Å². The molecule has 0 saturated carbocycles. The monoisotopic (exact) mass is 340 g/mol. The second-order valence-electron chi connectivity index (χ2n) is 5.17.